The monoisotopic (exact) mass is 534 g/mol. The average molecular weight is 535 g/mol. The zero-order chi connectivity index (χ0) is 27.7. The molecule has 2 aromatic heterocycles. The van der Waals surface area contributed by atoms with Crippen LogP contribution in [0.1, 0.15) is 78.2 Å². The van der Waals surface area contributed by atoms with Gasteiger partial charge in [-0.1, -0.05) is 43.3 Å². The summed E-state index contributed by atoms with van der Waals surface area (Å²) in [7, 11) is 0. The molecule has 0 radical (unpaired) electrons. The highest BCUT2D eigenvalue weighted by molar-refractivity contribution is 6.04. The molecule has 3 atom stereocenters. The fourth-order valence-electron chi connectivity index (χ4n) is 7.16. The minimum absolute atomic E-state index is 0.0347. The van der Waals surface area contributed by atoms with Crippen LogP contribution >= 0.6 is 0 Å². The van der Waals surface area contributed by atoms with Gasteiger partial charge in [0, 0.05) is 22.7 Å². The van der Waals surface area contributed by atoms with Crippen LogP contribution in [0.3, 0.4) is 0 Å². The van der Waals surface area contributed by atoms with E-state index in [9.17, 15) is 9.90 Å². The Morgan fingerprint density at radius 2 is 1.98 bits per heavy atom. The van der Waals surface area contributed by atoms with Crippen molar-refractivity contribution in [2.75, 3.05) is 5.32 Å². The van der Waals surface area contributed by atoms with E-state index in [-0.39, 0.29) is 11.3 Å². The summed E-state index contributed by atoms with van der Waals surface area (Å²) >= 11 is 0. The van der Waals surface area contributed by atoms with Gasteiger partial charge in [0.05, 0.1) is 28.9 Å². The van der Waals surface area contributed by atoms with E-state index in [0.29, 0.717) is 17.2 Å². The topological polar surface area (TPSA) is 90.9 Å². The first-order valence-electron chi connectivity index (χ1n) is 14.6. The molecule has 0 saturated heterocycles. The van der Waals surface area contributed by atoms with Crippen LogP contribution in [0, 0.1) is 12.8 Å². The number of H-pyrrole nitrogens is 1. The Hall–Kier alpha value is -3.77. The van der Waals surface area contributed by atoms with E-state index in [1.165, 1.54) is 16.7 Å². The molecule has 2 aliphatic rings. The standard InChI is InChI=1S/C34H38N4O2/c1-3-33(40)16-17-34(19-24-8-5-4-6-9-24)28(20-33)11-7-10-25-18-26(12-13-29(25)34)32(39)38-30-14-15-31(37-23(30)2)27-21-35-36-22-27/h4-6,8-9,12-15,18,21-22,28,40H,3,7,10-11,16-17,19-20H2,1-2H3,(H,35,36)(H,38,39)/t28-,33+,34-/m0/s1. The van der Waals surface area contributed by atoms with Gasteiger partial charge in [0.15, 0.2) is 0 Å². The van der Waals surface area contributed by atoms with E-state index in [0.717, 1.165) is 68.3 Å². The summed E-state index contributed by atoms with van der Waals surface area (Å²) < 4.78 is 0. The SMILES string of the molecule is CC[C@@]1(O)CC[C@@]2(Cc3ccccc3)c3ccc(C(=O)Nc4ccc(-c5cn[nH]c5)nc4C)cc3CCC[C@H]2C1. The number of anilines is 1. The molecule has 6 nitrogen and oxygen atoms in total. The first-order chi connectivity index (χ1) is 19.4. The van der Waals surface area contributed by atoms with Crippen molar-refractivity contribution in [3.63, 3.8) is 0 Å². The summed E-state index contributed by atoms with van der Waals surface area (Å²) in [6.07, 6.45) is 11.0. The molecule has 2 aromatic carbocycles. The second-order valence-electron chi connectivity index (χ2n) is 11.8. The van der Waals surface area contributed by atoms with E-state index in [2.05, 4.69) is 69.9 Å². The van der Waals surface area contributed by atoms with Gasteiger partial charge in [-0.15, -0.1) is 0 Å². The number of carbonyl (C=O) groups excluding carboxylic acids is 1. The lowest BCUT2D eigenvalue weighted by molar-refractivity contribution is -0.0497. The zero-order valence-corrected chi connectivity index (χ0v) is 23.4. The third-order valence-corrected chi connectivity index (χ3v) is 9.50. The van der Waals surface area contributed by atoms with Crippen molar-refractivity contribution in [1.82, 2.24) is 15.2 Å². The number of benzene rings is 2. The van der Waals surface area contributed by atoms with Crippen LogP contribution in [0.5, 0.6) is 0 Å². The van der Waals surface area contributed by atoms with Crippen LogP contribution in [0.15, 0.2) is 73.1 Å². The molecule has 40 heavy (non-hydrogen) atoms. The Kier molecular flexibility index (Phi) is 7.05. The quantitative estimate of drug-likeness (QED) is 0.254. The Bertz CT molecular complexity index is 1500. The lowest BCUT2D eigenvalue weighted by Gasteiger charge is -2.50. The number of aromatic amines is 1. The summed E-state index contributed by atoms with van der Waals surface area (Å²) in [5.74, 6) is 0.292. The van der Waals surface area contributed by atoms with Gasteiger partial charge < -0.3 is 10.4 Å². The smallest absolute Gasteiger partial charge is 0.255 e. The fraction of sp³-hybridized carbons (Fsp3) is 0.382. The lowest BCUT2D eigenvalue weighted by Crippen LogP contribution is -2.48. The molecule has 0 bridgehead atoms. The van der Waals surface area contributed by atoms with Gasteiger partial charge in [0.2, 0.25) is 0 Å². The van der Waals surface area contributed by atoms with Crippen molar-refractivity contribution >= 4 is 11.6 Å². The number of aryl methyl sites for hydroxylation is 2. The summed E-state index contributed by atoms with van der Waals surface area (Å²) in [5, 5.41) is 21.2. The van der Waals surface area contributed by atoms with Gasteiger partial charge in [-0.25, -0.2) is 0 Å². The van der Waals surface area contributed by atoms with Crippen LogP contribution in [0.25, 0.3) is 11.3 Å². The minimum Gasteiger partial charge on any atom is -0.390 e. The first kappa shape index (κ1) is 26.5. The molecule has 0 unspecified atom stereocenters. The summed E-state index contributed by atoms with van der Waals surface area (Å²) in [5.41, 5.74) is 7.24. The van der Waals surface area contributed by atoms with Crippen LogP contribution in [0.2, 0.25) is 0 Å². The Balaban J connectivity index is 1.31. The molecule has 6 rings (SSSR count). The molecule has 4 aromatic rings. The third-order valence-electron chi connectivity index (χ3n) is 9.50. The number of aliphatic hydroxyl groups is 1. The van der Waals surface area contributed by atoms with E-state index in [4.69, 9.17) is 0 Å². The number of nitrogens with zero attached hydrogens (tertiary/aromatic N) is 2. The summed E-state index contributed by atoms with van der Waals surface area (Å²) in [6.45, 7) is 4.02. The number of nitrogens with one attached hydrogen (secondary N) is 2. The fourth-order valence-corrected chi connectivity index (χ4v) is 7.16. The predicted octanol–water partition coefficient (Wildman–Crippen LogP) is 6.79. The van der Waals surface area contributed by atoms with Gasteiger partial charge in [-0.05, 0) is 105 Å². The number of aromatic nitrogens is 3. The number of amides is 1. The normalized spacial score (nSPS) is 24.0. The molecular formula is C34H38N4O2. The van der Waals surface area contributed by atoms with E-state index in [1.807, 2.05) is 25.1 Å². The maximum atomic E-state index is 13.4. The molecule has 2 aliphatic carbocycles. The first-order valence-corrected chi connectivity index (χ1v) is 14.6. The molecule has 206 valence electrons. The molecule has 1 saturated carbocycles. The van der Waals surface area contributed by atoms with Crippen LogP contribution < -0.4 is 5.32 Å². The van der Waals surface area contributed by atoms with Crippen molar-refractivity contribution in [2.45, 2.75) is 76.2 Å². The second kappa shape index (κ2) is 10.7. The molecule has 1 amide bonds. The minimum atomic E-state index is -0.575. The molecular weight excluding hydrogens is 496 g/mol. The average Bonchev–Trinajstić information content (AvgIpc) is 3.47. The highest BCUT2D eigenvalue weighted by Crippen LogP contribution is 2.54. The van der Waals surface area contributed by atoms with Gasteiger partial charge in [0.1, 0.15) is 0 Å². The number of hydrogen-bond acceptors (Lipinski definition) is 4. The third kappa shape index (κ3) is 4.97. The van der Waals surface area contributed by atoms with E-state index in [1.54, 1.807) is 12.4 Å². The molecule has 0 aliphatic heterocycles. The van der Waals surface area contributed by atoms with Gasteiger partial charge in [-0.3, -0.25) is 14.9 Å². The number of pyridine rings is 1. The largest absolute Gasteiger partial charge is 0.390 e. The highest BCUT2D eigenvalue weighted by atomic mass is 16.3. The maximum Gasteiger partial charge on any atom is 0.255 e. The molecule has 2 heterocycles. The lowest BCUT2D eigenvalue weighted by atomic mass is 9.55. The predicted molar refractivity (Wildman–Crippen MR) is 158 cm³/mol. The van der Waals surface area contributed by atoms with Crippen molar-refractivity contribution < 1.29 is 9.90 Å². The Labute approximate surface area is 236 Å². The van der Waals surface area contributed by atoms with Crippen molar-refractivity contribution in [2.24, 2.45) is 5.92 Å². The molecule has 1 fully saturated rings. The zero-order valence-electron chi connectivity index (χ0n) is 23.4. The van der Waals surface area contributed by atoms with Gasteiger partial charge >= 0.3 is 0 Å². The maximum absolute atomic E-state index is 13.4. The van der Waals surface area contributed by atoms with E-state index < -0.39 is 5.60 Å². The Morgan fingerprint density at radius 1 is 1.12 bits per heavy atom. The molecule has 0 spiro atoms. The Morgan fingerprint density at radius 3 is 2.73 bits per heavy atom. The highest BCUT2D eigenvalue weighted by Gasteiger charge is 2.50. The van der Waals surface area contributed by atoms with Crippen LogP contribution in [0.4, 0.5) is 5.69 Å². The van der Waals surface area contributed by atoms with E-state index >= 15 is 0 Å². The van der Waals surface area contributed by atoms with Crippen molar-refractivity contribution in [3.8, 4) is 11.3 Å². The molecule has 6 heteroatoms. The van der Waals surface area contributed by atoms with Crippen LogP contribution in [-0.4, -0.2) is 31.8 Å². The van der Waals surface area contributed by atoms with Gasteiger partial charge in [0.25, 0.3) is 5.91 Å². The van der Waals surface area contributed by atoms with Crippen molar-refractivity contribution in [1.29, 1.82) is 0 Å². The number of hydrogen-bond donors (Lipinski definition) is 3. The number of carbonyl (C=O) groups is 1. The number of rotatable bonds is 6. The molecule has 3 N–H and O–H groups in total. The summed E-state index contributed by atoms with van der Waals surface area (Å²) in [4.78, 5) is 18.1. The second-order valence-corrected chi connectivity index (χ2v) is 11.8. The number of fused-ring (bicyclic) bond motifs is 3. The summed E-state index contributed by atoms with van der Waals surface area (Å²) in [6, 6.07) is 20.9. The van der Waals surface area contributed by atoms with Gasteiger partial charge in [-0.2, -0.15) is 5.10 Å². The van der Waals surface area contributed by atoms with Crippen molar-refractivity contribution in [3.05, 3.63) is 101 Å². The van der Waals surface area contributed by atoms with Crippen LogP contribution in [-0.2, 0) is 18.3 Å².